The summed E-state index contributed by atoms with van der Waals surface area (Å²) in [6, 6.07) is 0.505. The summed E-state index contributed by atoms with van der Waals surface area (Å²) in [4.78, 5) is 9.95. The van der Waals surface area contributed by atoms with Crippen molar-refractivity contribution in [3.63, 3.8) is 0 Å². The van der Waals surface area contributed by atoms with E-state index >= 15 is 0 Å². The van der Waals surface area contributed by atoms with Crippen molar-refractivity contribution in [1.82, 2.24) is 14.9 Å². The van der Waals surface area contributed by atoms with Gasteiger partial charge in [-0.05, 0) is 33.4 Å². The van der Waals surface area contributed by atoms with Gasteiger partial charge in [-0.25, -0.2) is 4.98 Å². The van der Waals surface area contributed by atoms with Crippen LogP contribution in [0.25, 0.3) is 0 Å². The Morgan fingerprint density at radius 1 is 1.71 bits per heavy atom. The van der Waals surface area contributed by atoms with Crippen LogP contribution in [0.2, 0.25) is 0 Å². The number of likely N-dealkylation sites (tertiary alicyclic amines) is 1. The van der Waals surface area contributed by atoms with Gasteiger partial charge in [0.2, 0.25) is 0 Å². The van der Waals surface area contributed by atoms with Crippen LogP contribution in [0, 0.1) is 0 Å². The topological polar surface area (TPSA) is 57.9 Å². The van der Waals surface area contributed by atoms with Gasteiger partial charge in [-0.2, -0.15) is 0 Å². The molecule has 4 heteroatoms. The molecular formula is C10H18N4. The Labute approximate surface area is 84.5 Å². The second-order valence-electron chi connectivity index (χ2n) is 4.15. The second kappa shape index (κ2) is 3.71. The number of aromatic nitrogens is 2. The van der Waals surface area contributed by atoms with Gasteiger partial charge in [0.1, 0.15) is 5.82 Å². The zero-order valence-electron chi connectivity index (χ0n) is 8.83. The van der Waals surface area contributed by atoms with E-state index in [0.29, 0.717) is 6.04 Å². The molecular weight excluding hydrogens is 176 g/mol. The highest BCUT2D eigenvalue weighted by Gasteiger charge is 2.24. The third-order valence-electron chi connectivity index (χ3n) is 2.93. The van der Waals surface area contributed by atoms with Gasteiger partial charge in [-0.15, -0.1) is 0 Å². The third-order valence-corrected chi connectivity index (χ3v) is 2.93. The number of hydrogen-bond donors (Lipinski definition) is 2. The fourth-order valence-electron chi connectivity index (χ4n) is 2.06. The number of nitrogens with two attached hydrogens (primary N) is 1. The normalized spacial score (nSPS) is 25.5. The molecule has 1 aromatic heterocycles. The summed E-state index contributed by atoms with van der Waals surface area (Å²) >= 11 is 0. The van der Waals surface area contributed by atoms with Crippen LogP contribution < -0.4 is 5.73 Å². The Bertz CT molecular complexity index is 305. The fourth-order valence-corrected chi connectivity index (χ4v) is 2.06. The Morgan fingerprint density at radius 2 is 2.50 bits per heavy atom. The van der Waals surface area contributed by atoms with Crippen molar-refractivity contribution in [1.29, 1.82) is 0 Å². The largest absolute Gasteiger partial charge is 0.343 e. The number of nitrogens with one attached hydrogen (secondary N) is 1. The van der Waals surface area contributed by atoms with Crippen molar-refractivity contribution in [3.05, 3.63) is 17.7 Å². The lowest BCUT2D eigenvalue weighted by molar-refractivity contribution is 0.312. The first-order valence-electron chi connectivity index (χ1n) is 5.19. The molecule has 2 rings (SSSR count). The van der Waals surface area contributed by atoms with Crippen LogP contribution in [0.3, 0.4) is 0 Å². The number of nitrogens with zero attached hydrogens (tertiary/aromatic N) is 2. The molecule has 0 aromatic carbocycles. The van der Waals surface area contributed by atoms with E-state index in [9.17, 15) is 0 Å². The van der Waals surface area contributed by atoms with Crippen LogP contribution in [-0.4, -0.2) is 28.5 Å². The molecule has 2 unspecified atom stereocenters. The lowest BCUT2D eigenvalue weighted by atomic mass is 10.2. The maximum Gasteiger partial charge on any atom is 0.122 e. The van der Waals surface area contributed by atoms with Gasteiger partial charge < -0.3 is 10.7 Å². The molecule has 1 aliphatic rings. The molecule has 2 atom stereocenters. The highest BCUT2D eigenvalue weighted by molar-refractivity contribution is 5.10. The lowest BCUT2D eigenvalue weighted by Gasteiger charge is -2.17. The molecule has 0 aliphatic carbocycles. The number of H-pyrrole nitrogens is 1. The summed E-state index contributed by atoms with van der Waals surface area (Å²) in [6.07, 6.45) is 4.41. The zero-order valence-corrected chi connectivity index (χ0v) is 8.83. The second-order valence-corrected chi connectivity index (χ2v) is 4.15. The van der Waals surface area contributed by atoms with E-state index in [4.69, 9.17) is 5.73 Å². The molecule has 1 saturated heterocycles. The molecule has 1 aliphatic heterocycles. The highest BCUT2D eigenvalue weighted by Crippen LogP contribution is 2.29. The van der Waals surface area contributed by atoms with Gasteiger partial charge in [-0.3, -0.25) is 4.90 Å². The maximum atomic E-state index is 5.75. The maximum absolute atomic E-state index is 5.75. The Morgan fingerprint density at radius 3 is 3.00 bits per heavy atom. The number of aromatic amines is 1. The molecule has 4 nitrogen and oxygen atoms in total. The minimum Gasteiger partial charge on any atom is -0.343 e. The molecule has 0 amide bonds. The predicted octanol–water partition coefficient (Wildman–Crippen LogP) is 1.20. The first-order chi connectivity index (χ1) is 6.68. The van der Waals surface area contributed by atoms with E-state index in [2.05, 4.69) is 21.9 Å². The average molecular weight is 194 g/mol. The average Bonchev–Trinajstić information content (AvgIpc) is 2.71. The zero-order chi connectivity index (χ0) is 10.1. The molecule has 0 saturated carbocycles. The Balaban J connectivity index is 2.16. The summed E-state index contributed by atoms with van der Waals surface area (Å²) in [6.45, 7) is 3.12. The predicted molar refractivity (Wildman–Crippen MR) is 55.8 cm³/mol. The van der Waals surface area contributed by atoms with Crippen molar-refractivity contribution >= 4 is 0 Å². The van der Waals surface area contributed by atoms with Gasteiger partial charge in [0.05, 0.1) is 17.8 Å². The van der Waals surface area contributed by atoms with Crippen molar-refractivity contribution in [2.75, 3.05) is 13.6 Å². The van der Waals surface area contributed by atoms with Crippen molar-refractivity contribution in [3.8, 4) is 0 Å². The van der Waals surface area contributed by atoms with Crippen LogP contribution in [-0.2, 0) is 0 Å². The summed E-state index contributed by atoms with van der Waals surface area (Å²) in [7, 11) is 2.16. The molecule has 1 aromatic rings. The molecule has 2 heterocycles. The molecule has 0 radical (unpaired) electrons. The van der Waals surface area contributed by atoms with Gasteiger partial charge in [0, 0.05) is 6.20 Å². The van der Waals surface area contributed by atoms with E-state index in [-0.39, 0.29) is 6.04 Å². The summed E-state index contributed by atoms with van der Waals surface area (Å²) in [5.74, 6) is 0.889. The van der Waals surface area contributed by atoms with Crippen LogP contribution in [0.4, 0.5) is 0 Å². The molecule has 0 spiro atoms. The molecule has 1 fully saturated rings. The molecule has 3 N–H and O–H groups in total. The SMILES string of the molecule is CC(N)c1ncc(C2CCCN2C)[nH]1. The first-order valence-corrected chi connectivity index (χ1v) is 5.19. The van der Waals surface area contributed by atoms with Gasteiger partial charge in [0.15, 0.2) is 0 Å². The van der Waals surface area contributed by atoms with Crippen molar-refractivity contribution in [2.45, 2.75) is 31.8 Å². The summed E-state index contributed by atoms with van der Waals surface area (Å²) in [5, 5.41) is 0. The van der Waals surface area contributed by atoms with Gasteiger partial charge >= 0.3 is 0 Å². The minimum atomic E-state index is -0.00420. The van der Waals surface area contributed by atoms with E-state index in [0.717, 1.165) is 5.82 Å². The summed E-state index contributed by atoms with van der Waals surface area (Å²) < 4.78 is 0. The quantitative estimate of drug-likeness (QED) is 0.743. The third kappa shape index (κ3) is 1.67. The molecule has 14 heavy (non-hydrogen) atoms. The Kier molecular flexibility index (Phi) is 2.56. The highest BCUT2D eigenvalue weighted by atomic mass is 15.2. The van der Waals surface area contributed by atoms with E-state index in [1.54, 1.807) is 0 Å². The van der Waals surface area contributed by atoms with Crippen LogP contribution >= 0.6 is 0 Å². The van der Waals surface area contributed by atoms with E-state index in [1.165, 1.54) is 25.1 Å². The monoisotopic (exact) mass is 194 g/mol. The van der Waals surface area contributed by atoms with Gasteiger partial charge in [0.25, 0.3) is 0 Å². The molecule has 0 bridgehead atoms. The molecule has 78 valence electrons. The number of imidazole rings is 1. The first kappa shape index (κ1) is 9.68. The lowest BCUT2D eigenvalue weighted by Crippen LogP contribution is -2.18. The van der Waals surface area contributed by atoms with Crippen LogP contribution in [0.5, 0.6) is 0 Å². The van der Waals surface area contributed by atoms with Gasteiger partial charge in [-0.1, -0.05) is 0 Å². The number of rotatable bonds is 2. The number of hydrogen-bond acceptors (Lipinski definition) is 3. The van der Waals surface area contributed by atoms with Crippen LogP contribution in [0.1, 0.15) is 43.4 Å². The summed E-state index contributed by atoms with van der Waals surface area (Å²) in [5.41, 5.74) is 6.96. The van der Waals surface area contributed by atoms with Crippen molar-refractivity contribution in [2.24, 2.45) is 5.73 Å². The minimum absolute atomic E-state index is 0.00420. The van der Waals surface area contributed by atoms with Crippen LogP contribution in [0.15, 0.2) is 6.20 Å². The smallest absolute Gasteiger partial charge is 0.122 e. The van der Waals surface area contributed by atoms with E-state index in [1.807, 2.05) is 13.1 Å². The fraction of sp³-hybridized carbons (Fsp3) is 0.700. The van der Waals surface area contributed by atoms with Crippen molar-refractivity contribution < 1.29 is 0 Å². The Hall–Kier alpha value is -0.870. The van der Waals surface area contributed by atoms with E-state index < -0.39 is 0 Å². The standard InChI is InChI=1S/C10H18N4/c1-7(11)10-12-6-8(13-10)9-4-3-5-14(9)2/h6-7,9H,3-5,11H2,1-2H3,(H,12,13).